The number of carbonyl (C=O) groups excluding carboxylic acids is 1. The first kappa shape index (κ1) is 15.3. The zero-order chi connectivity index (χ0) is 16.1. The molecule has 0 unspecified atom stereocenters. The second kappa shape index (κ2) is 7.11. The summed E-state index contributed by atoms with van der Waals surface area (Å²) in [7, 11) is 0. The maximum Gasteiger partial charge on any atom is 0.255 e. The minimum absolute atomic E-state index is 0.185. The van der Waals surface area contributed by atoms with Gasteiger partial charge in [-0.1, -0.05) is 52.3 Å². The second-order valence-corrected chi connectivity index (χ2v) is 5.79. The van der Waals surface area contributed by atoms with Gasteiger partial charge in [0.1, 0.15) is 5.75 Å². The van der Waals surface area contributed by atoms with E-state index in [2.05, 4.69) is 21.2 Å². The van der Waals surface area contributed by atoms with Gasteiger partial charge >= 0.3 is 0 Å². The fraction of sp³-hybridized carbons (Fsp3) is 0. The predicted octanol–water partition coefficient (Wildman–Crippen LogP) is 5.49. The van der Waals surface area contributed by atoms with Crippen molar-refractivity contribution in [1.82, 2.24) is 0 Å². The summed E-state index contributed by atoms with van der Waals surface area (Å²) in [5.74, 6) is 1.13. The van der Waals surface area contributed by atoms with Crippen molar-refractivity contribution in [2.24, 2.45) is 0 Å². The van der Waals surface area contributed by atoms with Crippen molar-refractivity contribution in [1.29, 1.82) is 0 Å². The number of ether oxygens (including phenoxy) is 1. The van der Waals surface area contributed by atoms with Crippen molar-refractivity contribution in [3.8, 4) is 11.5 Å². The van der Waals surface area contributed by atoms with Crippen LogP contribution in [0.5, 0.6) is 11.5 Å². The molecule has 3 aromatic rings. The van der Waals surface area contributed by atoms with Crippen LogP contribution in [0.15, 0.2) is 83.3 Å². The van der Waals surface area contributed by atoms with Crippen LogP contribution < -0.4 is 10.1 Å². The van der Waals surface area contributed by atoms with E-state index < -0.39 is 0 Å². The fourth-order valence-electron chi connectivity index (χ4n) is 2.10. The van der Waals surface area contributed by atoms with Crippen LogP contribution in [0.2, 0.25) is 0 Å². The summed E-state index contributed by atoms with van der Waals surface area (Å²) >= 11 is 3.37. The van der Waals surface area contributed by atoms with Crippen LogP contribution in [0.4, 0.5) is 5.69 Å². The van der Waals surface area contributed by atoms with Crippen molar-refractivity contribution in [2.75, 3.05) is 5.32 Å². The zero-order valence-corrected chi connectivity index (χ0v) is 13.8. The normalized spacial score (nSPS) is 10.1. The standard InChI is InChI=1S/C19H14BrNO2/c20-15-8-6-7-14(13-15)19(22)21-17-11-4-5-12-18(17)23-16-9-2-1-3-10-16/h1-13H,(H,21,22). The van der Waals surface area contributed by atoms with E-state index in [1.807, 2.05) is 66.7 Å². The number of rotatable bonds is 4. The summed E-state index contributed by atoms with van der Waals surface area (Å²) in [6.45, 7) is 0. The van der Waals surface area contributed by atoms with Crippen molar-refractivity contribution < 1.29 is 9.53 Å². The minimum Gasteiger partial charge on any atom is -0.455 e. The van der Waals surface area contributed by atoms with E-state index >= 15 is 0 Å². The van der Waals surface area contributed by atoms with E-state index in [1.165, 1.54) is 0 Å². The number of nitrogens with one attached hydrogen (secondary N) is 1. The molecule has 0 saturated carbocycles. The number of hydrogen-bond donors (Lipinski definition) is 1. The Morgan fingerprint density at radius 1 is 0.870 bits per heavy atom. The summed E-state index contributed by atoms with van der Waals surface area (Å²) < 4.78 is 6.71. The molecule has 4 heteroatoms. The summed E-state index contributed by atoms with van der Waals surface area (Å²) in [5, 5.41) is 2.89. The third-order valence-corrected chi connectivity index (χ3v) is 3.69. The molecular formula is C19H14BrNO2. The van der Waals surface area contributed by atoms with Gasteiger partial charge in [0.2, 0.25) is 0 Å². The first-order valence-electron chi connectivity index (χ1n) is 7.11. The molecule has 0 bridgehead atoms. The van der Waals surface area contributed by atoms with Gasteiger partial charge in [0.05, 0.1) is 5.69 Å². The molecule has 0 radical (unpaired) electrons. The fourth-order valence-corrected chi connectivity index (χ4v) is 2.50. The van der Waals surface area contributed by atoms with Crippen LogP contribution in [-0.4, -0.2) is 5.91 Å². The van der Waals surface area contributed by atoms with E-state index in [0.29, 0.717) is 17.0 Å². The zero-order valence-electron chi connectivity index (χ0n) is 12.2. The molecule has 0 atom stereocenters. The Kier molecular flexibility index (Phi) is 4.74. The molecule has 0 aliphatic carbocycles. The summed E-state index contributed by atoms with van der Waals surface area (Å²) in [5.41, 5.74) is 1.20. The Bertz CT molecular complexity index is 818. The van der Waals surface area contributed by atoms with Crippen LogP contribution in [0.25, 0.3) is 0 Å². The molecule has 3 nitrogen and oxygen atoms in total. The van der Waals surface area contributed by atoms with Crippen LogP contribution in [-0.2, 0) is 0 Å². The van der Waals surface area contributed by atoms with Gasteiger partial charge in [-0.3, -0.25) is 4.79 Å². The number of carbonyl (C=O) groups is 1. The number of benzene rings is 3. The van der Waals surface area contributed by atoms with Gasteiger partial charge in [0.25, 0.3) is 5.91 Å². The molecule has 0 aliphatic rings. The third-order valence-electron chi connectivity index (χ3n) is 3.19. The quantitative estimate of drug-likeness (QED) is 0.661. The molecule has 0 spiro atoms. The van der Waals surface area contributed by atoms with E-state index in [1.54, 1.807) is 12.1 Å². The van der Waals surface area contributed by atoms with Crippen molar-refractivity contribution in [2.45, 2.75) is 0 Å². The van der Waals surface area contributed by atoms with Gasteiger partial charge in [-0.25, -0.2) is 0 Å². The monoisotopic (exact) mass is 367 g/mol. The molecule has 0 fully saturated rings. The first-order chi connectivity index (χ1) is 11.2. The Morgan fingerprint density at radius 3 is 2.39 bits per heavy atom. The average molecular weight is 368 g/mol. The average Bonchev–Trinajstić information content (AvgIpc) is 2.57. The van der Waals surface area contributed by atoms with E-state index in [9.17, 15) is 4.79 Å². The van der Waals surface area contributed by atoms with Gasteiger partial charge in [-0.15, -0.1) is 0 Å². The van der Waals surface area contributed by atoms with Crippen LogP contribution in [0.3, 0.4) is 0 Å². The van der Waals surface area contributed by atoms with Crippen LogP contribution in [0.1, 0.15) is 10.4 Å². The molecule has 1 amide bonds. The van der Waals surface area contributed by atoms with E-state index in [0.717, 1.165) is 10.2 Å². The molecule has 23 heavy (non-hydrogen) atoms. The van der Waals surface area contributed by atoms with Crippen LogP contribution >= 0.6 is 15.9 Å². The van der Waals surface area contributed by atoms with Crippen molar-refractivity contribution in [3.63, 3.8) is 0 Å². The highest BCUT2D eigenvalue weighted by Gasteiger charge is 2.10. The lowest BCUT2D eigenvalue weighted by Crippen LogP contribution is -2.12. The van der Waals surface area contributed by atoms with Gasteiger partial charge < -0.3 is 10.1 Å². The summed E-state index contributed by atoms with van der Waals surface area (Å²) in [6.07, 6.45) is 0. The third kappa shape index (κ3) is 3.99. The molecule has 0 aromatic heterocycles. The minimum atomic E-state index is -0.185. The van der Waals surface area contributed by atoms with E-state index in [-0.39, 0.29) is 5.91 Å². The van der Waals surface area contributed by atoms with Crippen LogP contribution in [0, 0.1) is 0 Å². The lowest BCUT2D eigenvalue weighted by Gasteiger charge is -2.12. The number of para-hydroxylation sites is 3. The molecule has 3 aromatic carbocycles. The molecule has 0 saturated heterocycles. The molecule has 0 heterocycles. The number of halogens is 1. The highest BCUT2D eigenvalue weighted by Crippen LogP contribution is 2.29. The molecule has 1 N–H and O–H groups in total. The van der Waals surface area contributed by atoms with E-state index in [4.69, 9.17) is 4.74 Å². The Labute approximate surface area is 143 Å². The van der Waals surface area contributed by atoms with Gasteiger partial charge in [-0.2, -0.15) is 0 Å². The van der Waals surface area contributed by atoms with Gasteiger partial charge in [0, 0.05) is 10.0 Å². The first-order valence-corrected chi connectivity index (χ1v) is 7.90. The molecule has 3 rings (SSSR count). The number of hydrogen-bond acceptors (Lipinski definition) is 2. The predicted molar refractivity (Wildman–Crippen MR) is 95.1 cm³/mol. The van der Waals surface area contributed by atoms with Gasteiger partial charge in [0.15, 0.2) is 5.75 Å². The number of anilines is 1. The Hall–Kier alpha value is -2.59. The highest BCUT2D eigenvalue weighted by molar-refractivity contribution is 9.10. The largest absolute Gasteiger partial charge is 0.455 e. The van der Waals surface area contributed by atoms with Crippen molar-refractivity contribution in [3.05, 3.63) is 88.9 Å². The highest BCUT2D eigenvalue weighted by atomic mass is 79.9. The lowest BCUT2D eigenvalue weighted by atomic mass is 10.2. The topological polar surface area (TPSA) is 38.3 Å². The Morgan fingerprint density at radius 2 is 1.61 bits per heavy atom. The second-order valence-electron chi connectivity index (χ2n) is 4.88. The summed E-state index contributed by atoms with van der Waals surface area (Å²) in [6, 6.07) is 24.1. The maximum atomic E-state index is 12.4. The van der Waals surface area contributed by atoms with Gasteiger partial charge in [-0.05, 0) is 42.5 Å². The smallest absolute Gasteiger partial charge is 0.255 e. The molecule has 0 aliphatic heterocycles. The number of amides is 1. The SMILES string of the molecule is O=C(Nc1ccccc1Oc1ccccc1)c1cccc(Br)c1. The lowest BCUT2D eigenvalue weighted by molar-refractivity contribution is 0.102. The molecular weight excluding hydrogens is 354 g/mol. The Balaban J connectivity index is 1.82. The van der Waals surface area contributed by atoms with Crippen molar-refractivity contribution >= 4 is 27.5 Å². The molecule has 114 valence electrons. The summed E-state index contributed by atoms with van der Waals surface area (Å²) in [4.78, 5) is 12.4. The maximum absolute atomic E-state index is 12.4.